The molecule has 2 N–H and O–H groups in total. The summed E-state index contributed by atoms with van der Waals surface area (Å²) < 4.78 is 13.1. The standard InChI is InChI=1S/C15H22FNO/c1-10(2)7-13(18)9-17-15-6-3-11-8-12(16)4-5-14(11)15/h4-5,8,10,13,15,17-18H,3,6-7,9H2,1-2H3. The second-order valence-electron chi connectivity index (χ2n) is 5.63. The van der Waals surface area contributed by atoms with Gasteiger partial charge in [-0.1, -0.05) is 19.9 Å². The molecule has 3 heteroatoms. The van der Waals surface area contributed by atoms with Crippen LogP contribution in [-0.4, -0.2) is 17.8 Å². The van der Waals surface area contributed by atoms with Crippen LogP contribution in [0.25, 0.3) is 0 Å². The highest BCUT2D eigenvalue weighted by Gasteiger charge is 2.22. The zero-order valence-corrected chi connectivity index (χ0v) is 11.1. The van der Waals surface area contributed by atoms with Crippen molar-refractivity contribution in [1.82, 2.24) is 5.32 Å². The summed E-state index contributed by atoms with van der Waals surface area (Å²) in [4.78, 5) is 0. The summed E-state index contributed by atoms with van der Waals surface area (Å²) in [7, 11) is 0. The number of hydrogen-bond acceptors (Lipinski definition) is 2. The van der Waals surface area contributed by atoms with Crippen LogP contribution in [0.4, 0.5) is 4.39 Å². The number of aliphatic hydroxyl groups is 1. The number of aryl methyl sites for hydroxylation is 1. The van der Waals surface area contributed by atoms with Crippen LogP contribution in [0.3, 0.4) is 0 Å². The maximum Gasteiger partial charge on any atom is 0.123 e. The molecule has 1 aromatic carbocycles. The van der Waals surface area contributed by atoms with Gasteiger partial charge in [-0.25, -0.2) is 4.39 Å². The van der Waals surface area contributed by atoms with Crippen LogP contribution in [0.5, 0.6) is 0 Å². The van der Waals surface area contributed by atoms with E-state index < -0.39 is 0 Å². The van der Waals surface area contributed by atoms with Crippen molar-refractivity contribution in [1.29, 1.82) is 0 Å². The Morgan fingerprint density at radius 1 is 1.44 bits per heavy atom. The molecule has 18 heavy (non-hydrogen) atoms. The number of nitrogens with one attached hydrogen (secondary N) is 1. The lowest BCUT2D eigenvalue weighted by Crippen LogP contribution is -2.30. The van der Waals surface area contributed by atoms with Crippen molar-refractivity contribution >= 4 is 0 Å². The quantitative estimate of drug-likeness (QED) is 0.843. The van der Waals surface area contributed by atoms with E-state index >= 15 is 0 Å². The maximum absolute atomic E-state index is 13.1. The summed E-state index contributed by atoms with van der Waals surface area (Å²) in [6, 6.07) is 5.28. The minimum Gasteiger partial charge on any atom is -0.392 e. The van der Waals surface area contributed by atoms with E-state index in [1.807, 2.05) is 6.07 Å². The van der Waals surface area contributed by atoms with Crippen LogP contribution in [0.15, 0.2) is 18.2 Å². The van der Waals surface area contributed by atoms with Crippen molar-refractivity contribution in [2.75, 3.05) is 6.54 Å². The molecule has 0 saturated heterocycles. The molecule has 1 aliphatic rings. The molecule has 1 aliphatic carbocycles. The fourth-order valence-corrected chi connectivity index (χ4v) is 2.70. The Bertz CT molecular complexity index is 405. The Labute approximate surface area is 108 Å². The molecule has 1 aromatic rings. The summed E-state index contributed by atoms with van der Waals surface area (Å²) in [6.45, 7) is 4.83. The lowest BCUT2D eigenvalue weighted by atomic mass is 10.0. The van der Waals surface area contributed by atoms with E-state index in [2.05, 4.69) is 19.2 Å². The summed E-state index contributed by atoms with van der Waals surface area (Å²) in [5.74, 6) is 0.348. The van der Waals surface area contributed by atoms with Gasteiger partial charge in [0.2, 0.25) is 0 Å². The van der Waals surface area contributed by atoms with E-state index in [1.54, 1.807) is 6.07 Å². The van der Waals surface area contributed by atoms with Crippen molar-refractivity contribution in [2.24, 2.45) is 5.92 Å². The molecule has 0 fully saturated rings. The molecule has 2 rings (SSSR count). The minimum absolute atomic E-state index is 0.158. The van der Waals surface area contributed by atoms with Gasteiger partial charge >= 0.3 is 0 Å². The van der Waals surface area contributed by atoms with E-state index in [1.165, 1.54) is 11.6 Å². The number of fused-ring (bicyclic) bond motifs is 1. The molecule has 0 amide bonds. The monoisotopic (exact) mass is 251 g/mol. The highest BCUT2D eigenvalue weighted by molar-refractivity contribution is 5.34. The van der Waals surface area contributed by atoms with E-state index in [4.69, 9.17) is 0 Å². The average molecular weight is 251 g/mol. The maximum atomic E-state index is 13.1. The van der Waals surface area contributed by atoms with Gasteiger partial charge in [0.15, 0.2) is 0 Å². The largest absolute Gasteiger partial charge is 0.392 e. The van der Waals surface area contributed by atoms with Crippen LogP contribution in [0.2, 0.25) is 0 Å². The summed E-state index contributed by atoms with van der Waals surface area (Å²) in [6.07, 6.45) is 2.43. The van der Waals surface area contributed by atoms with Gasteiger partial charge in [0.1, 0.15) is 5.82 Å². The van der Waals surface area contributed by atoms with Gasteiger partial charge in [0, 0.05) is 12.6 Å². The van der Waals surface area contributed by atoms with Gasteiger partial charge in [-0.05, 0) is 48.4 Å². The van der Waals surface area contributed by atoms with Crippen molar-refractivity contribution < 1.29 is 9.50 Å². The molecular weight excluding hydrogens is 229 g/mol. The van der Waals surface area contributed by atoms with Gasteiger partial charge in [-0.2, -0.15) is 0 Å². The van der Waals surface area contributed by atoms with Crippen LogP contribution in [0, 0.1) is 11.7 Å². The van der Waals surface area contributed by atoms with Crippen LogP contribution >= 0.6 is 0 Å². The average Bonchev–Trinajstić information content (AvgIpc) is 2.67. The molecule has 100 valence electrons. The molecule has 0 bridgehead atoms. The number of hydrogen-bond donors (Lipinski definition) is 2. The Morgan fingerprint density at radius 2 is 2.22 bits per heavy atom. The first-order valence-corrected chi connectivity index (χ1v) is 6.76. The van der Waals surface area contributed by atoms with Crippen molar-refractivity contribution in [2.45, 2.75) is 45.3 Å². The molecule has 2 atom stereocenters. The normalized spacial score (nSPS) is 20.2. The van der Waals surface area contributed by atoms with Crippen molar-refractivity contribution in [3.63, 3.8) is 0 Å². The van der Waals surface area contributed by atoms with Gasteiger partial charge in [0.25, 0.3) is 0 Å². The molecule has 2 nitrogen and oxygen atoms in total. The highest BCUT2D eigenvalue weighted by atomic mass is 19.1. The SMILES string of the molecule is CC(C)CC(O)CNC1CCc2cc(F)ccc21. The van der Waals surface area contributed by atoms with Crippen LogP contribution < -0.4 is 5.32 Å². The van der Waals surface area contributed by atoms with E-state index in [0.29, 0.717) is 12.5 Å². The molecule has 0 spiro atoms. The van der Waals surface area contributed by atoms with E-state index in [0.717, 1.165) is 24.8 Å². The van der Waals surface area contributed by atoms with Gasteiger partial charge in [-0.15, -0.1) is 0 Å². The molecule has 0 radical (unpaired) electrons. The molecule has 0 saturated carbocycles. The Kier molecular flexibility index (Phi) is 4.36. The molecular formula is C15H22FNO. The lowest BCUT2D eigenvalue weighted by molar-refractivity contribution is 0.142. The van der Waals surface area contributed by atoms with Gasteiger partial charge < -0.3 is 10.4 Å². The number of rotatable bonds is 5. The smallest absolute Gasteiger partial charge is 0.123 e. The third-order valence-electron chi connectivity index (χ3n) is 3.53. The second kappa shape index (κ2) is 5.81. The fraction of sp³-hybridized carbons (Fsp3) is 0.600. The zero-order valence-electron chi connectivity index (χ0n) is 11.1. The van der Waals surface area contributed by atoms with Gasteiger partial charge in [-0.3, -0.25) is 0 Å². The molecule has 0 aliphatic heterocycles. The third kappa shape index (κ3) is 3.30. The van der Waals surface area contributed by atoms with Crippen LogP contribution in [0.1, 0.15) is 43.9 Å². The molecule has 0 aromatic heterocycles. The zero-order chi connectivity index (χ0) is 13.1. The fourth-order valence-electron chi connectivity index (χ4n) is 2.70. The first-order valence-electron chi connectivity index (χ1n) is 6.76. The summed E-state index contributed by atoms with van der Waals surface area (Å²) in [5, 5.41) is 13.2. The number of halogens is 1. The Hall–Kier alpha value is -0.930. The minimum atomic E-state index is -0.297. The van der Waals surface area contributed by atoms with Crippen LogP contribution in [-0.2, 0) is 6.42 Å². The number of benzene rings is 1. The summed E-state index contributed by atoms with van der Waals surface area (Å²) in [5.41, 5.74) is 2.29. The topological polar surface area (TPSA) is 32.3 Å². The predicted octanol–water partition coefficient (Wildman–Crippen LogP) is 2.81. The second-order valence-corrected chi connectivity index (χ2v) is 5.63. The van der Waals surface area contributed by atoms with Crippen molar-refractivity contribution in [3.05, 3.63) is 35.1 Å². The Morgan fingerprint density at radius 3 is 2.94 bits per heavy atom. The van der Waals surface area contributed by atoms with Crippen molar-refractivity contribution in [3.8, 4) is 0 Å². The molecule has 0 heterocycles. The lowest BCUT2D eigenvalue weighted by Gasteiger charge is -2.18. The van der Waals surface area contributed by atoms with E-state index in [-0.39, 0.29) is 18.0 Å². The highest BCUT2D eigenvalue weighted by Crippen LogP contribution is 2.31. The Balaban J connectivity index is 1.90. The molecule has 2 unspecified atom stereocenters. The third-order valence-corrected chi connectivity index (χ3v) is 3.53. The number of aliphatic hydroxyl groups excluding tert-OH is 1. The van der Waals surface area contributed by atoms with E-state index in [9.17, 15) is 9.50 Å². The predicted molar refractivity (Wildman–Crippen MR) is 70.9 cm³/mol. The first kappa shape index (κ1) is 13.5. The van der Waals surface area contributed by atoms with Gasteiger partial charge in [0.05, 0.1) is 6.10 Å². The summed E-state index contributed by atoms with van der Waals surface area (Å²) >= 11 is 0. The first-order chi connectivity index (χ1) is 8.56.